The predicted octanol–water partition coefficient (Wildman–Crippen LogP) is 2.71. The van der Waals surface area contributed by atoms with Gasteiger partial charge in [-0.25, -0.2) is 4.79 Å². The van der Waals surface area contributed by atoms with E-state index in [9.17, 15) is 9.59 Å². The first kappa shape index (κ1) is 25.0. The molecule has 33 heavy (non-hydrogen) atoms. The van der Waals surface area contributed by atoms with Crippen LogP contribution in [0.5, 0.6) is 0 Å². The van der Waals surface area contributed by atoms with Crippen molar-refractivity contribution in [2.24, 2.45) is 0 Å². The quantitative estimate of drug-likeness (QED) is 0.667. The summed E-state index contributed by atoms with van der Waals surface area (Å²) in [5.41, 5.74) is 2.55. The van der Waals surface area contributed by atoms with Gasteiger partial charge in [0, 0.05) is 42.5 Å². The minimum absolute atomic E-state index is 0.0556. The molecule has 2 fully saturated rings. The molecule has 0 aromatic heterocycles. The van der Waals surface area contributed by atoms with Gasteiger partial charge < -0.3 is 19.9 Å². The van der Waals surface area contributed by atoms with Crippen LogP contribution < -0.4 is 10.2 Å². The van der Waals surface area contributed by atoms with E-state index in [0.717, 1.165) is 44.1 Å². The molecular formula is C24H30ClN3O5. The number of nitrogens with one attached hydrogen (secondary N) is 1. The van der Waals surface area contributed by atoms with Gasteiger partial charge >= 0.3 is 6.09 Å². The molecule has 0 bridgehead atoms. The van der Waals surface area contributed by atoms with Crippen LogP contribution in [0.2, 0.25) is 5.02 Å². The predicted molar refractivity (Wildman–Crippen MR) is 127 cm³/mol. The number of aliphatic hydroxyl groups is 1. The summed E-state index contributed by atoms with van der Waals surface area (Å²) >= 11 is 5.77. The molecule has 0 aliphatic carbocycles. The number of hydrogen-bond donors (Lipinski definition) is 2. The largest absolute Gasteiger partial charge is 0.441 e. The van der Waals surface area contributed by atoms with E-state index in [1.807, 2.05) is 31.2 Å². The number of ether oxygens (including phenoxy) is 2. The molecular weight excluding hydrogens is 446 g/mol. The zero-order valence-electron chi connectivity index (χ0n) is 18.7. The standard InChI is InChI=1S/C13H17ClN2O2.C11H13NO3/c14-12-3-1-11(2-4-12)13(17)15-5-6-16-7-9-18-10-8-16;1-8-3-2-4-9(5-8)12-6-10(7-13)15-11(12)14/h1-4H,5-10H2,(H,15,17);2-5,10,13H,6-7H2,1H3. The maximum atomic E-state index is 11.8. The Kier molecular flexibility index (Phi) is 9.50. The van der Waals surface area contributed by atoms with Crippen molar-refractivity contribution in [1.82, 2.24) is 10.2 Å². The number of cyclic esters (lactones) is 1. The average Bonchev–Trinajstić information content (AvgIpc) is 3.21. The number of carbonyl (C=O) groups is 2. The molecule has 2 saturated heterocycles. The number of hydrogen-bond acceptors (Lipinski definition) is 6. The van der Waals surface area contributed by atoms with Gasteiger partial charge in [-0.3, -0.25) is 14.6 Å². The lowest BCUT2D eigenvalue weighted by Crippen LogP contribution is -2.41. The highest BCUT2D eigenvalue weighted by atomic mass is 35.5. The van der Waals surface area contributed by atoms with Gasteiger partial charge in [-0.2, -0.15) is 0 Å². The van der Waals surface area contributed by atoms with Crippen LogP contribution in [0.25, 0.3) is 0 Å². The van der Waals surface area contributed by atoms with Crippen LogP contribution in [-0.2, 0) is 9.47 Å². The molecule has 2 heterocycles. The third-order valence-electron chi connectivity index (χ3n) is 5.31. The maximum absolute atomic E-state index is 11.8. The number of aryl methyl sites for hydroxylation is 1. The summed E-state index contributed by atoms with van der Waals surface area (Å²) in [6, 6.07) is 14.5. The Hall–Kier alpha value is -2.65. The second-order valence-corrected chi connectivity index (χ2v) is 8.29. The van der Waals surface area contributed by atoms with Crippen LogP contribution in [0, 0.1) is 6.92 Å². The Balaban J connectivity index is 0.000000189. The van der Waals surface area contributed by atoms with Crippen molar-refractivity contribution in [1.29, 1.82) is 0 Å². The van der Waals surface area contributed by atoms with E-state index in [0.29, 0.717) is 23.7 Å². The normalized spacial score (nSPS) is 18.3. The summed E-state index contributed by atoms with van der Waals surface area (Å²) in [7, 11) is 0. The summed E-state index contributed by atoms with van der Waals surface area (Å²) in [6.45, 7) is 7.22. The molecule has 0 radical (unpaired) electrons. The highest BCUT2D eigenvalue weighted by Gasteiger charge is 2.31. The van der Waals surface area contributed by atoms with Crippen LogP contribution in [0.3, 0.4) is 0 Å². The van der Waals surface area contributed by atoms with Gasteiger partial charge in [0.15, 0.2) is 0 Å². The number of rotatable bonds is 6. The molecule has 0 saturated carbocycles. The van der Waals surface area contributed by atoms with E-state index in [1.54, 1.807) is 24.3 Å². The second kappa shape index (κ2) is 12.6. The van der Waals surface area contributed by atoms with Crippen molar-refractivity contribution >= 4 is 29.3 Å². The van der Waals surface area contributed by atoms with Crippen LogP contribution in [0.15, 0.2) is 48.5 Å². The van der Waals surface area contributed by atoms with E-state index in [4.69, 9.17) is 26.2 Å². The van der Waals surface area contributed by atoms with Gasteiger partial charge in [0.25, 0.3) is 5.91 Å². The molecule has 1 atom stereocenters. The molecule has 9 heteroatoms. The third kappa shape index (κ3) is 7.71. The average molecular weight is 476 g/mol. The maximum Gasteiger partial charge on any atom is 0.414 e. The van der Waals surface area contributed by atoms with E-state index < -0.39 is 6.10 Å². The van der Waals surface area contributed by atoms with Crippen LogP contribution in [0.4, 0.5) is 10.5 Å². The molecule has 0 spiro atoms. The Labute approximate surface area is 199 Å². The van der Waals surface area contributed by atoms with Crippen LogP contribution in [0.1, 0.15) is 15.9 Å². The van der Waals surface area contributed by atoms with Crippen molar-refractivity contribution in [2.75, 3.05) is 57.4 Å². The summed E-state index contributed by atoms with van der Waals surface area (Å²) in [4.78, 5) is 27.1. The van der Waals surface area contributed by atoms with Crippen molar-refractivity contribution in [2.45, 2.75) is 13.0 Å². The van der Waals surface area contributed by atoms with Crippen molar-refractivity contribution in [3.8, 4) is 0 Å². The third-order valence-corrected chi connectivity index (χ3v) is 5.57. The molecule has 2 aromatic rings. The van der Waals surface area contributed by atoms with E-state index in [-0.39, 0.29) is 18.6 Å². The number of carbonyl (C=O) groups excluding carboxylic acids is 2. The lowest BCUT2D eigenvalue weighted by atomic mass is 10.2. The zero-order valence-corrected chi connectivity index (χ0v) is 19.5. The highest BCUT2D eigenvalue weighted by molar-refractivity contribution is 6.30. The van der Waals surface area contributed by atoms with Gasteiger partial charge in [0.1, 0.15) is 6.10 Å². The summed E-state index contributed by atoms with van der Waals surface area (Å²) < 4.78 is 10.2. The molecule has 8 nitrogen and oxygen atoms in total. The van der Waals surface area contributed by atoms with Gasteiger partial charge in [0.2, 0.25) is 0 Å². The minimum Gasteiger partial charge on any atom is -0.441 e. The van der Waals surface area contributed by atoms with Gasteiger partial charge in [-0.1, -0.05) is 23.7 Å². The number of morpholine rings is 1. The van der Waals surface area contributed by atoms with Gasteiger partial charge in [-0.15, -0.1) is 0 Å². The van der Waals surface area contributed by atoms with Crippen LogP contribution >= 0.6 is 11.6 Å². The van der Waals surface area contributed by atoms with E-state index >= 15 is 0 Å². The molecule has 2 aliphatic rings. The fourth-order valence-corrected chi connectivity index (χ4v) is 3.60. The number of nitrogens with zero attached hydrogens (tertiary/aromatic N) is 2. The second-order valence-electron chi connectivity index (χ2n) is 7.85. The molecule has 2 aliphatic heterocycles. The summed E-state index contributed by atoms with van der Waals surface area (Å²) in [5, 5.41) is 12.4. The number of aliphatic hydroxyl groups excluding tert-OH is 1. The fraction of sp³-hybridized carbons (Fsp3) is 0.417. The lowest BCUT2D eigenvalue weighted by molar-refractivity contribution is 0.0383. The molecule has 1 unspecified atom stereocenters. The Bertz CT molecular complexity index is 919. The Morgan fingerprint density at radius 2 is 1.91 bits per heavy atom. The first-order valence-corrected chi connectivity index (χ1v) is 11.3. The number of halogens is 1. The zero-order chi connectivity index (χ0) is 23.6. The summed E-state index contributed by atoms with van der Waals surface area (Å²) in [6.07, 6.45) is -0.794. The molecule has 4 rings (SSSR count). The minimum atomic E-state index is -0.405. The Morgan fingerprint density at radius 1 is 1.18 bits per heavy atom. The van der Waals surface area contributed by atoms with Gasteiger partial charge in [-0.05, 0) is 48.9 Å². The van der Waals surface area contributed by atoms with Crippen molar-refractivity contribution in [3.63, 3.8) is 0 Å². The monoisotopic (exact) mass is 475 g/mol. The fourth-order valence-electron chi connectivity index (χ4n) is 3.48. The SMILES string of the molecule is Cc1cccc(N2CC(CO)OC2=O)c1.O=C(NCCN1CCOCC1)c1ccc(Cl)cc1. The van der Waals surface area contributed by atoms with Crippen molar-refractivity contribution in [3.05, 3.63) is 64.7 Å². The number of amides is 2. The topological polar surface area (TPSA) is 91.3 Å². The Morgan fingerprint density at radius 3 is 2.55 bits per heavy atom. The molecule has 178 valence electrons. The smallest absolute Gasteiger partial charge is 0.414 e. The lowest BCUT2D eigenvalue weighted by Gasteiger charge is -2.26. The van der Waals surface area contributed by atoms with E-state index in [2.05, 4.69) is 10.2 Å². The van der Waals surface area contributed by atoms with E-state index in [1.165, 1.54) is 4.90 Å². The van der Waals surface area contributed by atoms with Crippen molar-refractivity contribution < 1.29 is 24.2 Å². The first-order chi connectivity index (χ1) is 16.0. The highest BCUT2D eigenvalue weighted by Crippen LogP contribution is 2.22. The van der Waals surface area contributed by atoms with Gasteiger partial charge in [0.05, 0.1) is 26.4 Å². The first-order valence-electron chi connectivity index (χ1n) is 11.0. The molecule has 2 aromatic carbocycles. The molecule has 2 N–H and O–H groups in total. The number of benzene rings is 2. The summed E-state index contributed by atoms with van der Waals surface area (Å²) in [5.74, 6) is -0.0556. The number of anilines is 1. The van der Waals surface area contributed by atoms with Crippen LogP contribution in [-0.4, -0.2) is 80.7 Å². The molecule has 2 amide bonds.